The molecule has 0 spiro atoms. The quantitative estimate of drug-likeness (QED) is 0.402. The lowest BCUT2D eigenvalue weighted by Crippen LogP contribution is -2.33. The molecule has 4 aromatic rings. The average Bonchev–Trinajstić information content (AvgIpc) is 2.85. The molecule has 0 fully saturated rings. The van der Waals surface area contributed by atoms with Crippen LogP contribution in [-0.2, 0) is 6.54 Å². The van der Waals surface area contributed by atoms with E-state index in [-0.39, 0.29) is 29.8 Å². The molecule has 0 bridgehead atoms. The first-order chi connectivity index (χ1) is 16.5. The molecule has 0 radical (unpaired) electrons. The average molecular weight is 461 g/mol. The van der Waals surface area contributed by atoms with Crippen molar-refractivity contribution in [3.63, 3.8) is 0 Å². The van der Waals surface area contributed by atoms with E-state index in [0.717, 1.165) is 11.3 Å². The Bertz CT molecular complexity index is 1440. The largest absolute Gasteiger partial charge is 0.494 e. The molecule has 0 aliphatic heterocycles. The lowest BCUT2D eigenvalue weighted by molar-refractivity contribution is 0.0948. The van der Waals surface area contributed by atoms with Crippen LogP contribution >= 0.6 is 0 Å². The van der Waals surface area contributed by atoms with Gasteiger partial charge in [0.25, 0.3) is 11.5 Å². The van der Waals surface area contributed by atoms with E-state index in [1.807, 2.05) is 31.2 Å². The Morgan fingerprint density at radius 3 is 2.62 bits per heavy atom. The Kier molecular flexibility index (Phi) is 6.72. The van der Waals surface area contributed by atoms with Crippen LogP contribution in [0.25, 0.3) is 22.2 Å². The minimum absolute atomic E-state index is 0.0913. The van der Waals surface area contributed by atoms with Gasteiger partial charge in [0.2, 0.25) is 0 Å². The van der Waals surface area contributed by atoms with Gasteiger partial charge in [0, 0.05) is 23.6 Å². The van der Waals surface area contributed by atoms with Gasteiger partial charge in [-0.15, -0.1) is 0 Å². The maximum atomic E-state index is 12.6. The SMILES string of the molecule is CCOc1ccc(-c2ccc(=O)n(CCNC(=O)c3cc4cccc(OC)c4oc3=O)n2)cc1. The van der Waals surface area contributed by atoms with E-state index in [1.165, 1.54) is 23.9 Å². The number of nitrogens with one attached hydrogen (secondary N) is 1. The van der Waals surface area contributed by atoms with E-state index in [2.05, 4.69) is 10.4 Å². The molecule has 4 rings (SSSR count). The van der Waals surface area contributed by atoms with Crippen molar-refractivity contribution in [2.45, 2.75) is 13.5 Å². The van der Waals surface area contributed by atoms with Gasteiger partial charge in [-0.25, -0.2) is 9.48 Å². The monoisotopic (exact) mass is 461 g/mol. The van der Waals surface area contributed by atoms with E-state index in [0.29, 0.717) is 23.4 Å². The fraction of sp³-hybridized carbons (Fsp3) is 0.200. The zero-order chi connectivity index (χ0) is 24.1. The number of hydrogen-bond donors (Lipinski definition) is 1. The molecule has 2 aromatic carbocycles. The molecular weight excluding hydrogens is 438 g/mol. The highest BCUT2D eigenvalue weighted by atomic mass is 16.5. The van der Waals surface area contributed by atoms with Crippen LogP contribution in [0.5, 0.6) is 11.5 Å². The normalized spacial score (nSPS) is 10.8. The second kappa shape index (κ2) is 10.0. The highest BCUT2D eigenvalue weighted by Crippen LogP contribution is 2.24. The number of para-hydroxylation sites is 1. The van der Waals surface area contributed by atoms with Crippen LogP contribution in [-0.4, -0.2) is 35.9 Å². The summed E-state index contributed by atoms with van der Waals surface area (Å²) in [6, 6.07) is 17.0. The highest BCUT2D eigenvalue weighted by molar-refractivity contribution is 5.97. The van der Waals surface area contributed by atoms with Crippen LogP contribution in [0.2, 0.25) is 0 Å². The summed E-state index contributed by atoms with van der Waals surface area (Å²) in [6.07, 6.45) is 0. The Labute approximate surface area is 194 Å². The minimum atomic E-state index is -0.776. The zero-order valence-corrected chi connectivity index (χ0v) is 18.7. The van der Waals surface area contributed by atoms with Crippen LogP contribution < -0.4 is 26.0 Å². The van der Waals surface area contributed by atoms with Crippen molar-refractivity contribution in [1.82, 2.24) is 15.1 Å². The third-order valence-electron chi connectivity index (χ3n) is 5.13. The summed E-state index contributed by atoms with van der Waals surface area (Å²) in [4.78, 5) is 37.2. The lowest BCUT2D eigenvalue weighted by atomic mass is 10.1. The van der Waals surface area contributed by atoms with Gasteiger partial charge >= 0.3 is 5.63 Å². The summed E-state index contributed by atoms with van der Waals surface area (Å²) in [6.45, 7) is 2.70. The minimum Gasteiger partial charge on any atom is -0.494 e. The number of amides is 1. The summed E-state index contributed by atoms with van der Waals surface area (Å²) in [5, 5.41) is 7.59. The molecule has 0 unspecified atom stereocenters. The number of benzene rings is 2. The number of carbonyl (C=O) groups excluding carboxylic acids is 1. The summed E-state index contributed by atoms with van der Waals surface area (Å²) in [7, 11) is 1.47. The fourth-order valence-electron chi connectivity index (χ4n) is 3.46. The predicted octanol–water partition coefficient (Wildman–Crippen LogP) is 2.85. The van der Waals surface area contributed by atoms with Crippen molar-refractivity contribution in [2.75, 3.05) is 20.3 Å². The van der Waals surface area contributed by atoms with Crippen LogP contribution in [0.3, 0.4) is 0 Å². The van der Waals surface area contributed by atoms with Crippen molar-refractivity contribution >= 4 is 16.9 Å². The molecule has 0 saturated heterocycles. The molecule has 2 heterocycles. The van der Waals surface area contributed by atoms with Gasteiger partial charge in [-0.3, -0.25) is 9.59 Å². The van der Waals surface area contributed by atoms with Crippen molar-refractivity contribution in [3.05, 3.63) is 87.0 Å². The van der Waals surface area contributed by atoms with Gasteiger partial charge in [-0.2, -0.15) is 5.10 Å². The Hall–Kier alpha value is -4.40. The van der Waals surface area contributed by atoms with Gasteiger partial charge < -0.3 is 19.2 Å². The molecular formula is C25H23N3O6. The van der Waals surface area contributed by atoms with Crippen molar-refractivity contribution in [2.24, 2.45) is 0 Å². The topological polar surface area (TPSA) is 113 Å². The smallest absolute Gasteiger partial charge is 0.349 e. The van der Waals surface area contributed by atoms with Gasteiger partial charge in [-0.1, -0.05) is 12.1 Å². The van der Waals surface area contributed by atoms with Gasteiger partial charge in [0.1, 0.15) is 11.3 Å². The summed E-state index contributed by atoms with van der Waals surface area (Å²) < 4.78 is 17.2. The lowest BCUT2D eigenvalue weighted by Gasteiger charge is -2.09. The molecule has 34 heavy (non-hydrogen) atoms. The van der Waals surface area contributed by atoms with Crippen molar-refractivity contribution in [3.8, 4) is 22.8 Å². The van der Waals surface area contributed by atoms with Crippen LogP contribution in [0, 0.1) is 0 Å². The Morgan fingerprint density at radius 1 is 1.09 bits per heavy atom. The molecule has 0 aliphatic carbocycles. The van der Waals surface area contributed by atoms with Crippen LogP contribution in [0.4, 0.5) is 0 Å². The summed E-state index contributed by atoms with van der Waals surface area (Å²) >= 11 is 0. The summed E-state index contributed by atoms with van der Waals surface area (Å²) in [5.41, 5.74) is 0.490. The molecule has 2 aromatic heterocycles. The first-order valence-electron chi connectivity index (χ1n) is 10.7. The standard InChI is InChI=1S/C25H23N3O6/c1-3-33-18-9-7-16(8-10-18)20-11-12-22(29)28(27-20)14-13-26-24(30)19-15-17-5-4-6-21(32-2)23(17)34-25(19)31/h4-12,15H,3,13-14H2,1-2H3,(H,26,30). The van der Waals surface area contributed by atoms with Gasteiger partial charge in [0.15, 0.2) is 11.3 Å². The maximum absolute atomic E-state index is 12.6. The second-order valence-corrected chi connectivity index (χ2v) is 7.32. The zero-order valence-electron chi connectivity index (χ0n) is 18.7. The number of rotatable bonds is 8. The number of nitrogens with zero attached hydrogens (tertiary/aromatic N) is 2. The van der Waals surface area contributed by atoms with Gasteiger partial charge in [-0.05, 0) is 49.4 Å². The second-order valence-electron chi connectivity index (χ2n) is 7.32. The molecule has 1 amide bonds. The molecule has 0 saturated carbocycles. The first-order valence-corrected chi connectivity index (χ1v) is 10.7. The summed E-state index contributed by atoms with van der Waals surface area (Å²) in [5.74, 6) is 0.549. The number of ether oxygens (including phenoxy) is 2. The molecule has 9 nitrogen and oxygen atoms in total. The molecule has 9 heteroatoms. The Morgan fingerprint density at radius 2 is 1.88 bits per heavy atom. The van der Waals surface area contributed by atoms with E-state index < -0.39 is 11.5 Å². The number of fused-ring (bicyclic) bond motifs is 1. The number of hydrogen-bond acceptors (Lipinski definition) is 7. The molecule has 0 aliphatic rings. The molecule has 174 valence electrons. The maximum Gasteiger partial charge on any atom is 0.349 e. The van der Waals surface area contributed by atoms with Crippen molar-refractivity contribution < 1.29 is 18.7 Å². The van der Waals surface area contributed by atoms with E-state index in [9.17, 15) is 14.4 Å². The number of carbonyl (C=O) groups is 1. The van der Waals surface area contributed by atoms with Crippen LogP contribution in [0.1, 0.15) is 17.3 Å². The highest BCUT2D eigenvalue weighted by Gasteiger charge is 2.15. The first kappa shape index (κ1) is 22.8. The Balaban J connectivity index is 1.46. The molecule has 0 atom stereocenters. The number of aromatic nitrogens is 2. The van der Waals surface area contributed by atoms with Crippen LogP contribution in [0.15, 0.2) is 74.7 Å². The van der Waals surface area contributed by atoms with E-state index >= 15 is 0 Å². The van der Waals surface area contributed by atoms with Crippen molar-refractivity contribution in [1.29, 1.82) is 0 Å². The third kappa shape index (κ3) is 4.83. The van der Waals surface area contributed by atoms with E-state index in [1.54, 1.807) is 24.3 Å². The predicted molar refractivity (Wildman–Crippen MR) is 126 cm³/mol. The third-order valence-corrected chi connectivity index (χ3v) is 5.13. The van der Waals surface area contributed by atoms with Gasteiger partial charge in [0.05, 0.1) is 26.0 Å². The molecule has 1 N–H and O–H groups in total. The number of methoxy groups -OCH3 is 1. The van der Waals surface area contributed by atoms with E-state index in [4.69, 9.17) is 13.9 Å². The fourth-order valence-corrected chi connectivity index (χ4v) is 3.46.